The van der Waals surface area contributed by atoms with E-state index in [0.29, 0.717) is 16.8 Å². The number of aryl methyl sites for hydroxylation is 1. The third-order valence-corrected chi connectivity index (χ3v) is 4.99. The monoisotopic (exact) mass is 434 g/mol. The van der Waals surface area contributed by atoms with E-state index < -0.39 is 6.09 Å². The van der Waals surface area contributed by atoms with E-state index in [9.17, 15) is 15.0 Å². The number of nitrogens with two attached hydrogens (primary N) is 1. The Hall–Kier alpha value is -4.34. The number of aromatic nitrogens is 4. The first kappa shape index (κ1) is 20.9. The number of hydrogen-bond acceptors (Lipinski definition) is 8. The van der Waals surface area contributed by atoms with E-state index in [1.807, 2.05) is 45.0 Å². The quantitative estimate of drug-likeness (QED) is 0.347. The van der Waals surface area contributed by atoms with E-state index in [0.717, 1.165) is 16.5 Å². The van der Waals surface area contributed by atoms with Gasteiger partial charge in [0.25, 0.3) is 5.95 Å². The van der Waals surface area contributed by atoms with Gasteiger partial charge in [-0.05, 0) is 48.2 Å². The molecule has 0 radical (unpaired) electrons. The highest BCUT2D eigenvalue weighted by atomic mass is 16.7. The smallest absolute Gasteiger partial charge is 0.428 e. The Labute approximate surface area is 183 Å². The number of nitrogens with one attached hydrogen (secondary N) is 1. The molecule has 1 amide bonds. The topological polar surface area (TPSA) is 148 Å². The molecule has 164 valence electrons. The van der Waals surface area contributed by atoms with Crippen LogP contribution in [0.25, 0.3) is 28.0 Å². The SMILES string of the molecule is Cc1cnc2cccc(-n3c(NOC(N)=O)nnc3-c3cc(C(C)C)c(O)cc3O)c2c1. The first-order chi connectivity index (χ1) is 15.3. The minimum atomic E-state index is -1.05. The molecule has 0 bridgehead atoms. The van der Waals surface area contributed by atoms with Gasteiger partial charge >= 0.3 is 6.09 Å². The lowest BCUT2D eigenvalue weighted by Gasteiger charge is -2.16. The highest BCUT2D eigenvalue weighted by molar-refractivity contribution is 5.89. The van der Waals surface area contributed by atoms with Crippen LogP contribution < -0.4 is 11.2 Å². The molecule has 32 heavy (non-hydrogen) atoms. The standard InChI is InChI=1S/C22H22N6O4/c1-11(2)13-8-15(19(30)9-18(13)29)20-25-26-22(27-32-21(23)31)28(20)17-6-4-5-16-14(17)7-12(3)10-24-16/h4-11,29-30H,1-3H3,(H2,23,31)(H,26,27). The number of aromatic hydroxyl groups is 2. The van der Waals surface area contributed by atoms with E-state index in [2.05, 4.69) is 20.7 Å². The molecular weight excluding hydrogens is 412 g/mol. The lowest BCUT2D eigenvalue weighted by Crippen LogP contribution is -2.19. The van der Waals surface area contributed by atoms with Crippen molar-refractivity contribution >= 4 is 22.9 Å². The maximum atomic E-state index is 11.2. The van der Waals surface area contributed by atoms with Crippen molar-refractivity contribution in [1.82, 2.24) is 19.7 Å². The van der Waals surface area contributed by atoms with E-state index in [1.54, 1.807) is 16.8 Å². The second-order valence-corrected chi connectivity index (χ2v) is 7.65. The molecule has 2 aromatic heterocycles. The number of anilines is 1. The molecule has 0 aliphatic heterocycles. The van der Waals surface area contributed by atoms with Crippen LogP contribution in [0.1, 0.15) is 30.9 Å². The number of primary amides is 1. The van der Waals surface area contributed by atoms with Gasteiger partial charge in [-0.3, -0.25) is 9.55 Å². The van der Waals surface area contributed by atoms with Crippen molar-refractivity contribution in [2.24, 2.45) is 5.73 Å². The van der Waals surface area contributed by atoms with Crippen molar-refractivity contribution in [3.8, 4) is 28.6 Å². The summed E-state index contributed by atoms with van der Waals surface area (Å²) in [5, 5.41) is 30.0. The third-order valence-electron chi connectivity index (χ3n) is 4.99. The molecule has 0 atom stereocenters. The number of phenolic OH excluding ortho intramolecular Hbond substituents is 2. The lowest BCUT2D eigenvalue weighted by molar-refractivity contribution is 0.179. The van der Waals surface area contributed by atoms with Crippen LogP contribution in [0.3, 0.4) is 0 Å². The van der Waals surface area contributed by atoms with Crippen molar-refractivity contribution in [2.75, 3.05) is 5.48 Å². The van der Waals surface area contributed by atoms with Crippen molar-refractivity contribution in [2.45, 2.75) is 26.7 Å². The molecule has 2 aromatic carbocycles. The van der Waals surface area contributed by atoms with Gasteiger partial charge in [0.2, 0.25) is 0 Å². The normalized spacial score (nSPS) is 11.1. The summed E-state index contributed by atoms with van der Waals surface area (Å²) in [4.78, 5) is 20.4. The van der Waals surface area contributed by atoms with Gasteiger partial charge in [0, 0.05) is 17.6 Å². The lowest BCUT2D eigenvalue weighted by atomic mass is 9.98. The first-order valence-electron chi connectivity index (χ1n) is 9.86. The van der Waals surface area contributed by atoms with E-state index in [1.165, 1.54) is 6.07 Å². The highest BCUT2D eigenvalue weighted by Gasteiger charge is 2.23. The Balaban J connectivity index is 2.01. The Kier molecular flexibility index (Phi) is 5.27. The molecule has 0 aliphatic rings. The van der Waals surface area contributed by atoms with Crippen LogP contribution >= 0.6 is 0 Å². The minimum Gasteiger partial charge on any atom is -0.508 e. The molecule has 4 aromatic rings. The summed E-state index contributed by atoms with van der Waals surface area (Å²) in [5.74, 6) is 0.108. The van der Waals surface area contributed by atoms with Gasteiger partial charge in [-0.2, -0.15) is 5.48 Å². The van der Waals surface area contributed by atoms with Gasteiger partial charge in [0.15, 0.2) is 5.82 Å². The van der Waals surface area contributed by atoms with Crippen molar-refractivity contribution in [3.05, 3.63) is 53.7 Å². The molecule has 0 aliphatic carbocycles. The van der Waals surface area contributed by atoms with Crippen LogP contribution in [-0.4, -0.2) is 36.1 Å². The molecule has 10 heteroatoms. The number of rotatable bonds is 5. The van der Waals surface area contributed by atoms with Gasteiger partial charge in [-0.15, -0.1) is 10.2 Å². The average Bonchev–Trinajstić information content (AvgIpc) is 3.15. The summed E-state index contributed by atoms with van der Waals surface area (Å²) in [5.41, 5.74) is 10.8. The van der Waals surface area contributed by atoms with Gasteiger partial charge in [0.05, 0.1) is 16.8 Å². The molecule has 0 saturated carbocycles. The zero-order valence-electron chi connectivity index (χ0n) is 17.7. The fourth-order valence-corrected chi connectivity index (χ4v) is 3.52. The molecule has 10 nitrogen and oxygen atoms in total. The fraction of sp³-hybridized carbons (Fsp3) is 0.182. The zero-order chi connectivity index (χ0) is 23.0. The van der Waals surface area contributed by atoms with Gasteiger partial charge in [-0.25, -0.2) is 4.79 Å². The minimum absolute atomic E-state index is 0.00841. The number of amides is 1. The van der Waals surface area contributed by atoms with Gasteiger partial charge in [0.1, 0.15) is 11.5 Å². The van der Waals surface area contributed by atoms with Crippen molar-refractivity contribution in [3.63, 3.8) is 0 Å². The first-order valence-corrected chi connectivity index (χ1v) is 9.86. The Bertz CT molecular complexity index is 1330. The van der Waals surface area contributed by atoms with Crippen LogP contribution in [0.5, 0.6) is 11.5 Å². The number of pyridine rings is 1. The zero-order valence-corrected chi connectivity index (χ0v) is 17.7. The predicted molar refractivity (Wildman–Crippen MR) is 119 cm³/mol. The summed E-state index contributed by atoms with van der Waals surface area (Å²) in [6.07, 6.45) is 0.709. The Morgan fingerprint density at radius 1 is 1.16 bits per heavy atom. The molecular formula is C22H22N6O4. The highest BCUT2D eigenvalue weighted by Crippen LogP contribution is 2.39. The number of fused-ring (bicyclic) bond motifs is 1. The largest absolute Gasteiger partial charge is 0.508 e. The molecule has 4 rings (SSSR count). The predicted octanol–water partition coefficient (Wildman–Crippen LogP) is 3.75. The van der Waals surface area contributed by atoms with E-state index >= 15 is 0 Å². The number of phenols is 2. The number of benzene rings is 2. The number of carbonyl (C=O) groups excluding carboxylic acids is 1. The number of nitrogens with zero attached hydrogens (tertiary/aromatic N) is 4. The second kappa shape index (κ2) is 8.06. The van der Waals surface area contributed by atoms with Crippen molar-refractivity contribution in [1.29, 1.82) is 0 Å². The van der Waals surface area contributed by atoms with Crippen molar-refractivity contribution < 1.29 is 19.8 Å². The summed E-state index contributed by atoms with van der Waals surface area (Å²) in [6.45, 7) is 5.77. The van der Waals surface area contributed by atoms with Gasteiger partial charge in [-0.1, -0.05) is 19.9 Å². The maximum Gasteiger partial charge on any atom is 0.428 e. The third kappa shape index (κ3) is 3.73. The van der Waals surface area contributed by atoms with E-state index in [-0.39, 0.29) is 29.2 Å². The summed E-state index contributed by atoms with van der Waals surface area (Å²) < 4.78 is 1.59. The molecule has 0 saturated heterocycles. The number of hydrogen-bond donors (Lipinski definition) is 4. The van der Waals surface area contributed by atoms with Crippen LogP contribution in [0.15, 0.2) is 42.6 Å². The summed E-state index contributed by atoms with van der Waals surface area (Å²) in [6, 6.07) is 10.4. The molecule has 0 fully saturated rings. The van der Waals surface area contributed by atoms with Gasteiger partial charge < -0.3 is 20.8 Å². The van der Waals surface area contributed by atoms with Crippen LogP contribution in [0.2, 0.25) is 0 Å². The van der Waals surface area contributed by atoms with Crippen LogP contribution in [0.4, 0.5) is 10.7 Å². The van der Waals surface area contributed by atoms with Crippen LogP contribution in [-0.2, 0) is 4.84 Å². The molecule has 2 heterocycles. The maximum absolute atomic E-state index is 11.2. The Morgan fingerprint density at radius 3 is 2.66 bits per heavy atom. The fourth-order valence-electron chi connectivity index (χ4n) is 3.52. The molecule has 0 unspecified atom stereocenters. The summed E-state index contributed by atoms with van der Waals surface area (Å²) in [7, 11) is 0. The van der Waals surface area contributed by atoms with Crippen LogP contribution in [0, 0.1) is 6.92 Å². The second-order valence-electron chi connectivity index (χ2n) is 7.65. The molecule has 0 spiro atoms. The Morgan fingerprint density at radius 2 is 1.94 bits per heavy atom. The molecule has 5 N–H and O–H groups in total. The summed E-state index contributed by atoms with van der Waals surface area (Å²) >= 11 is 0. The number of carbonyl (C=O) groups is 1. The van der Waals surface area contributed by atoms with E-state index in [4.69, 9.17) is 10.6 Å². The average molecular weight is 434 g/mol.